The third-order valence-corrected chi connectivity index (χ3v) is 6.80. The zero-order valence-electron chi connectivity index (χ0n) is 16.2. The summed E-state index contributed by atoms with van der Waals surface area (Å²) in [5.74, 6) is 0.847. The third-order valence-electron chi connectivity index (χ3n) is 4.75. The van der Waals surface area contributed by atoms with E-state index in [4.69, 9.17) is 0 Å². The summed E-state index contributed by atoms with van der Waals surface area (Å²) in [5.41, 5.74) is 1.49. The van der Waals surface area contributed by atoms with Crippen molar-refractivity contribution in [2.24, 2.45) is 7.05 Å². The minimum atomic E-state index is -3.51. The maximum absolute atomic E-state index is 12.7. The zero-order valence-corrected chi connectivity index (χ0v) is 17.0. The van der Waals surface area contributed by atoms with E-state index in [2.05, 4.69) is 4.98 Å². The number of hydrogen-bond donors (Lipinski definition) is 0. The number of rotatable bonds is 8. The molecule has 0 unspecified atom stereocenters. The summed E-state index contributed by atoms with van der Waals surface area (Å²) in [4.78, 5) is 18.5. The Kier molecular flexibility index (Phi) is 6.41. The largest absolute Gasteiger partial charge is 0.346 e. The Balaban J connectivity index is 2.32. The van der Waals surface area contributed by atoms with E-state index in [9.17, 15) is 13.2 Å². The van der Waals surface area contributed by atoms with Crippen molar-refractivity contribution in [2.45, 2.75) is 38.5 Å². The van der Waals surface area contributed by atoms with Crippen LogP contribution in [-0.2, 0) is 28.3 Å². The highest BCUT2D eigenvalue weighted by Gasteiger charge is 2.22. The monoisotopic (exact) mass is 380 g/mol. The lowest BCUT2D eigenvalue weighted by atomic mass is 10.2. The van der Waals surface area contributed by atoms with Crippen LogP contribution < -0.4 is 0 Å². The fourth-order valence-electron chi connectivity index (χ4n) is 2.91. The normalized spacial score (nSPS) is 12.1. The van der Waals surface area contributed by atoms with Crippen molar-refractivity contribution in [1.29, 1.82) is 0 Å². The summed E-state index contributed by atoms with van der Waals surface area (Å²) < 4.78 is 28.7. The predicted octanol–water partition coefficient (Wildman–Crippen LogP) is 2.01. The molecule has 0 fully saturated rings. The standard InChI is InChI=1S/C18H28N4O3S/c1-6-20(4)18(23)12-11-17-19-15-13-14(9-10-16(15)21(17)5)26(24,25)22(7-2)8-3/h9-10,13H,6-8,11-12H2,1-5H3. The number of aromatic nitrogens is 2. The molecule has 7 nitrogen and oxygen atoms in total. The van der Waals surface area contributed by atoms with Gasteiger partial charge in [-0.3, -0.25) is 4.79 Å². The summed E-state index contributed by atoms with van der Waals surface area (Å²) in [6, 6.07) is 5.02. The third kappa shape index (κ3) is 3.91. The summed E-state index contributed by atoms with van der Waals surface area (Å²) in [5, 5.41) is 0. The number of amides is 1. The highest BCUT2D eigenvalue weighted by Crippen LogP contribution is 2.22. The van der Waals surface area contributed by atoms with Gasteiger partial charge in [0.05, 0.1) is 15.9 Å². The highest BCUT2D eigenvalue weighted by molar-refractivity contribution is 7.89. The van der Waals surface area contributed by atoms with E-state index in [0.717, 1.165) is 11.3 Å². The molecule has 26 heavy (non-hydrogen) atoms. The fraction of sp³-hybridized carbons (Fsp3) is 0.556. The summed E-state index contributed by atoms with van der Waals surface area (Å²) in [6.07, 6.45) is 0.901. The number of nitrogens with zero attached hydrogens (tertiary/aromatic N) is 4. The Labute approximate surface area is 155 Å². The lowest BCUT2D eigenvalue weighted by molar-refractivity contribution is -0.129. The number of carbonyl (C=O) groups excluding carboxylic acids is 1. The number of hydrogen-bond acceptors (Lipinski definition) is 4. The van der Waals surface area contributed by atoms with Gasteiger partial charge in [0.15, 0.2) is 0 Å². The molecule has 0 N–H and O–H groups in total. The van der Waals surface area contributed by atoms with E-state index in [1.54, 1.807) is 30.1 Å². The quantitative estimate of drug-likeness (QED) is 0.702. The average molecular weight is 381 g/mol. The van der Waals surface area contributed by atoms with E-state index in [0.29, 0.717) is 38.0 Å². The predicted molar refractivity (Wildman–Crippen MR) is 102 cm³/mol. The van der Waals surface area contributed by atoms with Gasteiger partial charge in [-0.05, 0) is 25.1 Å². The van der Waals surface area contributed by atoms with Crippen LogP contribution in [0, 0.1) is 0 Å². The molecule has 0 saturated carbocycles. The molecule has 0 bridgehead atoms. The second-order valence-corrected chi connectivity index (χ2v) is 8.17. The van der Waals surface area contributed by atoms with Gasteiger partial charge in [0.1, 0.15) is 5.82 Å². The summed E-state index contributed by atoms with van der Waals surface area (Å²) >= 11 is 0. The van der Waals surface area contributed by atoms with Crippen molar-refractivity contribution in [2.75, 3.05) is 26.7 Å². The molecule has 1 aromatic carbocycles. The van der Waals surface area contributed by atoms with Crippen LogP contribution in [0.3, 0.4) is 0 Å². The average Bonchev–Trinajstić information content (AvgIpc) is 2.95. The molecule has 0 radical (unpaired) electrons. The van der Waals surface area contributed by atoms with Crippen LogP contribution in [0.25, 0.3) is 11.0 Å². The van der Waals surface area contributed by atoms with Gasteiger partial charge in [0.25, 0.3) is 0 Å². The first kappa shape index (κ1) is 20.4. The first-order valence-corrected chi connectivity index (χ1v) is 10.4. The van der Waals surface area contributed by atoms with Gasteiger partial charge < -0.3 is 9.47 Å². The van der Waals surface area contributed by atoms with Crippen molar-refractivity contribution >= 4 is 27.0 Å². The van der Waals surface area contributed by atoms with Crippen molar-refractivity contribution in [3.63, 3.8) is 0 Å². The van der Waals surface area contributed by atoms with E-state index < -0.39 is 10.0 Å². The minimum Gasteiger partial charge on any atom is -0.346 e. The Morgan fingerprint density at radius 1 is 1.15 bits per heavy atom. The van der Waals surface area contributed by atoms with E-state index in [-0.39, 0.29) is 10.8 Å². The number of sulfonamides is 1. The molecule has 1 aromatic heterocycles. The second-order valence-electron chi connectivity index (χ2n) is 6.23. The van der Waals surface area contributed by atoms with Gasteiger partial charge in [-0.1, -0.05) is 13.8 Å². The Morgan fingerprint density at radius 2 is 1.81 bits per heavy atom. The van der Waals surface area contributed by atoms with Crippen LogP contribution >= 0.6 is 0 Å². The van der Waals surface area contributed by atoms with Gasteiger partial charge >= 0.3 is 0 Å². The summed E-state index contributed by atoms with van der Waals surface area (Å²) in [7, 11) is 0.152. The summed E-state index contributed by atoms with van der Waals surface area (Å²) in [6.45, 7) is 7.11. The van der Waals surface area contributed by atoms with Crippen LogP contribution in [0.5, 0.6) is 0 Å². The lowest BCUT2D eigenvalue weighted by Gasteiger charge is -2.18. The molecule has 0 saturated heterocycles. The van der Waals surface area contributed by atoms with E-state index >= 15 is 0 Å². The van der Waals surface area contributed by atoms with Crippen LogP contribution in [0.4, 0.5) is 0 Å². The smallest absolute Gasteiger partial charge is 0.243 e. The highest BCUT2D eigenvalue weighted by atomic mass is 32.2. The van der Waals surface area contributed by atoms with Gasteiger partial charge in [-0.25, -0.2) is 13.4 Å². The van der Waals surface area contributed by atoms with Gasteiger partial charge in [-0.2, -0.15) is 4.31 Å². The number of benzene rings is 1. The maximum atomic E-state index is 12.7. The Bertz CT molecular complexity index is 885. The first-order valence-electron chi connectivity index (χ1n) is 8.95. The number of carbonyl (C=O) groups is 1. The van der Waals surface area contributed by atoms with Gasteiger partial charge in [0, 0.05) is 46.6 Å². The minimum absolute atomic E-state index is 0.0735. The number of fused-ring (bicyclic) bond motifs is 1. The Morgan fingerprint density at radius 3 is 2.38 bits per heavy atom. The molecular weight excluding hydrogens is 352 g/mol. The lowest BCUT2D eigenvalue weighted by Crippen LogP contribution is -2.30. The molecule has 0 aliphatic rings. The second kappa shape index (κ2) is 8.18. The molecule has 1 heterocycles. The molecule has 0 aliphatic heterocycles. The van der Waals surface area contributed by atoms with E-state index in [1.807, 2.05) is 32.4 Å². The first-order chi connectivity index (χ1) is 12.3. The molecule has 2 rings (SSSR count). The van der Waals surface area contributed by atoms with Gasteiger partial charge in [-0.15, -0.1) is 0 Å². The van der Waals surface area contributed by atoms with Crippen molar-refractivity contribution in [1.82, 2.24) is 18.8 Å². The Hall–Kier alpha value is -1.93. The fourth-order valence-corrected chi connectivity index (χ4v) is 4.39. The zero-order chi connectivity index (χ0) is 19.5. The topological polar surface area (TPSA) is 75.5 Å². The SMILES string of the molecule is CCN(C)C(=O)CCc1nc2cc(S(=O)(=O)N(CC)CC)ccc2n1C. The van der Waals surface area contributed by atoms with Crippen molar-refractivity contribution in [3.05, 3.63) is 24.0 Å². The van der Waals surface area contributed by atoms with Crippen molar-refractivity contribution in [3.8, 4) is 0 Å². The molecule has 144 valence electrons. The van der Waals surface area contributed by atoms with Crippen LogP contribution in [0.1, 0.15) is 33.0 Å². The van der Waals surface area contributed by atoms with E-state index in [1.165, 1.54) is 4.31 Å². The van der Waals surface area contributed by atoms with Crippen LogP contribution in [0.2, 0.25) is 0 Å². The molecule has 1 amide bonds. The molecule has 0 atom stereocenters. The molecule has 0 aliphatic carbocycles. The number of imidazole rings is 1. The molecular formula is C18H28N4O3S. The van der Waals surface area contributed by atoms with Crippen LogP contribution in [-0.4, -0.2) is 59.8 Å². The molecule has 2 aromatic rings. The van der Waals surface area contributed by atoms with Crippen molar-refractivity contribution < 1.29 is 13.2 Å². The number of aryl methyl sites for hydroxylation is 2. The molecule has 0 spiro atoms. The van der Waals surface area contributed by atoms with Crippen LogP contribution in [0.15, 0.2) is 23.1 Å². The molecule has 8 heteroatoms. The van der Waals surface area contributed by atoms with Gasteiger partial charge in [0.2, 0.25) is 15.9 Å². The maximum Gasteiger partial charge on any atom is 0.243 e.